The number of carbonyl (C=O) groups excluding carboxylic acids is 2. The Hall–Kier alpha value is -0.900. The van der Waals surface area contributed by atoms with Gasteiger partial charge in [0.2, 0.25) is 0 Å². The van der Waals surface area contributed by atoms with Gasteiger partial charge >= 0.3 is 5.97 Å². The van der Waals surface area contributed by atoms with Crippen molar-refractivity contribution in [1.82, 2.24) is 0 Å². The number of carbonyl (C=O) groups is 2. The zero-order valence-electron chi connectivity index (χ0n) is 28.3. The molecule has 0 heterocycles. The second-order valence-electron chi connectivity index (χ2n) is 12.8. The van der Waals surface area contributed by atoms with Crippen molar-refractivity contribution < 1.29 is 19.6 Å². The number of hydrogen-bond acceptors (Lipinski definition) is 3. The number of rotatable bonds is 34. The van der Waals surface area contributed by atoms with E-state index in [0.717, 1.165) is 25.7 Å². The summed E-state index contributed by atoms with van der Waals surface area (Å²) in [7, 11) is 1.99. The van der Waals surface area contributed by atoms with Crippen molar-refractivity contribution in [3.63, 3.8) is 0 Å². The normalized spacial score (nSPS) is 12.1. The third-order valence-electron chi connectivity index (χ3n) is 8.68. The number of unbranched alkanes of at least 4 members (excludes halogenated alkanes) is 25. The van der Waals surface area contributed by atoms with E-state index in [0.29, 0.717) is 19.4 Å². The summed E-state index contributed by atoms with van der Waals surface area (Å²) in [6.07, 6.45) is 36.6. The first-order chi connectivity index (χ1) is 20.2. The molecule has 0 aromatic carbocycles. The lowest BCUT2D eigenvalue weighted by Crippen LogP contribution is -2.82. The molecule has 0 fully saturated rings. The molecule has 0 aromatic heterocycles. The summed E-state index contributed by atoms with van der Waals surface area (Å²) in [5.41, 5.74) is 0. The summed E-state index contributed by atoms with van der Waals surface area (Å²) in [6, 6.07) is 0. The molecule has 0 aromatic rings. The predicted octanol–water partition coefficient (Wildman–Crippen LogP) is 10.3. The fourth-order valence-electron chi connectivity index (χ4n) is 5.83. The lowest BCUT2D eigenvalue weighted by molar-refractivity contribution is -0.631. The van der Waals surface area contributed by atoms with Crippen LogP contribution in [0.2, 0.25) is 0 Å². The van der Waals surface area contributed by atoms with Crippen molar-refractivity contribution in [2.45, 2.75) is 200 Å². The Morgan fingerprint density at radius 3 is 1.15 bits per heavy atom. The third-order valence-corrected chi connectivity index (χ3v) is 8.68. The van der Waals surface area contributed by atoms with E-state index in [1.165, 1.54) is 148 Å². The molecule has 0 spiro atoms. The van der Waals surface area contributed by atoms with Gasteiger partial charge in [-0.1, -0.05) is 174 Å². The van der Waals surface area contributed by atoms with Crippen molar-refractivity contribution in [1.29, 1.82) is 0 Å². The minimum Gasteiger partial charge on any atom is -0.465 e. The molecule has 4 heteroatoms. The average Bonchev–Trinajstić information content (AvgIpc) is 2.97. The van der Waals surface area contributed by atoms with Gasteiger partial charge in [0.1, 0.15) is 18.3 Å². The molecule has 0 saturated carbocycles. The van der Waals surface area contributed by atoms with Crippen LogP contribution in [-0.4, -0.2) is 32.0 Å². The average molecular weight is 581 g/mol. The van der Waals surface area contributed by atoms with Crippen LogP contribution in [0.25, 0.3) is 0 Å². The molecule has 0 saturated heterocycles. The standard InChI is InChI=1S/C37H73NO3/c1-4-6-8-10-12-14-16-18-19-20-21-23-25-27-29-31-36(39)35(33-38-3)34-41-37(40)32-30-28-26-24-22-17-15-13-11-9-7-5-2/h35,38H,4-34H2,1-3H3/p+1. The molecule has 0 aliphatic carbocycles. The van der Waals surface area contributed by atoms with Gasteiger partial charge in [-0.3, -0.25) is 9.59 Å². The third kappa shape index (κ3) is 30.4. The van der Waals surface area contributed by atoms with E-state index in [-0.39, 0.29) is 24.3 Å². The highest BCUT2D eigenvalue weighted by molar-refractivity contribution is 5.81. The van der Waals surface area contributed by atoms with Crippen molar-refractivity contribution in [2.24, 2.45) is 5.92 Å². The van der Waals surface area contributed by atoms with Gasteiger partial charge in [0.25, 0.3) is 0 Å². The maximum absolute atomic E-state index is 12.7. The Labute approximate surface area is 257 Å². The number of hydrogen-bond donors (Lipinski definition) is 1. The summed E-state index contributed by atoms with van der Waals surface area (Å²) in [5.74, 6) is -0.00789. The maximum atomic E-state index is 12.7. The smallest absolute Gasteiger partial charge is 0.305 e. The Morgan fingerprint density at radius 1 is 0.488 bits per heavy atom. The van der Waals surface area contributed by atoms with Gasteiger partial charge in [-0.15, -0.1) is 0 Å². The molecule has 2 N–H and O–H groups in total. The number of ketones is 1. The molecule has 1 unspecified atom stereocenters. The van der Waals surface area contributed by atoms with Crippen LogP contribution in [0, 0.1) is 5.92 Å². The summed E-state index contributed by atoms with van der Waals surface area (Å²) in [6.45, 7) is 5.53. The van der Waals surface area contributed by atoms with Gasteiger partial charge in [0, 0.05) is 12.8 Å². The highest BCUT2D eigenvalue weighted by atomic mass is 16.5. The molecule has 0 amide bonds. The molecule has 4 nitrogen and oxygen atoms in total. The minimum atomic E-state index is -0.155. The summed E-state index contributed by atoms with van der Waals surface area (Å²) in [4.78, 5) is 25.0. The van der Waals surface area contributed by atoms with E-state index in [2.05, 4.69) is 13.8 Å². The fourth-order valence-corrected chi connectivity index (χ4v) is 5.83. The van der Waals surface area contributed by atoms with Gasteiger partial charge < -0.3 is 10.1 Å². The largest absolute Gasteiger partial charge is 0.465 e. The van der Waals surface area contributed by atoms with Gasteiger partial charge in [-0.25, -0.2) is 0 Å². The predicted molar refractivity (Wildman–Crippen MR) is 177 cm³/mol. The SMILES string of the molecule is CCCCCCCCCCCCCCCCCC(=O)C(C[NH2+]C)COC(=O)CCCCCCCCCCCCCC. The number of ether oxygens (including phenoxy) is 1. The Bertz CT molecular complexity index is 550. The zero-order chi connectivity index (χ0) is 30.1. The monoisotopic (exact) mass is 581 g/mol. The van der Waals surface area contributed by atoms with Crippen molar-refractivity contribution in [3.8, 4) is 0 Å². The molecule has 0 aliphatic heterocycles. The molecular weight excluding hydrogens is 506 g/mol. The van der Waals surface area contributed by atoms with E-state index in [9.17, 15) is 9.59 Å². The van der Waals surface area contributed by atoms with E-state index >= 15 is 0 Å². The number of Topliss-reactive ketones (excluding diaryl/α,β-unsaturated/α-hetero) is 1. The van der Waals surface area contributed by atoms with Crippen LogP contribution in [0.15, 0.2) is 0 Å². The lowest BCUT2D eigenvalue weighted by atomic mass is 9.98. The zero-order valence-corrected chi connectivity index (χ0v) is 28.3. The molecular formula is C37H74NO3+. The number of nitrogens with two attached hydrogens (primary N) is 1. The van der Waals surface area contributed by atoms with Gasteiger partial charge in [-0.2, -0.15) is 0 Å². The van der Waals surface area contributed by atoms with E-state index in [1.807, 2.05) is 12.4 Å². The van der Waals surface area contributed by atoms with Crippen LogP contribution in [0.5, 0.6) is 0 Å². The Morgan fingerprint density at radius 2 is 0.805 bits per heavy atom. The van der Waals surface area contributed by atoms with Crippen molar-refractivity contribution >= 4 is 11.8 Å². The molecule has 244 valence electrons. The van der Waals surface area contributed by atoms with Crippen LogP contribution in [0.1, 0.15) is 200 Å². The Balaban J connectivity index is 3.64. The van der Waals surface area contributed by atoms with E-state index in [4.69, 9.17) is 4.74 Å². The maximum Gasteiger partial charge on any atom is 0.305 e. The first-order valence-electron chi connectivity index (χ1n) is 18.6. The molecule has 41 heavy (non-hydrogen) atoms. The van der Waals surface area contributed by atoms with Crippen molar-refractivity contribution in [3.05, 3.63) is 0 Å². The van der Waals surface area contributed by atoms with Gasteiger partial charge in [-0.05, 0) is 12.8 Å². The minimum absolute atomic E-state index is 0.127. The second kappa shape index (κ2) is 33.6. The van der Waals surface area contributed by atoms with Crippen LogP contribution < -0.4 is 5.32 Å². The second-order valence-corrected chi connectivity index (χ2v) is 12.8. The van der Waals surface area contributed by atoms with Crippen molar-refractivity contribution in [2.75, 3.05) is 20.2 Å². The van der Waals surface area contributed by atoms with Crippen LogP contribution >= 0.6 is 0 Å². The number of quaternary nitrogens is 1. The van der Waals surface area contributed by atoms with Gasteiger partial charge in [0.15, 0.2) is 0 Å². The molecule has 0 radical (unpaired) electrons. The summed E-state index contributed by atoms with van der Waals surface area (Å²) >= 11 is 0. The van der Waals surface area contributed by atoms with E-state index in [1.54, 1.807) is 0 Å². The molecule has 1 atom stereocenters. The lowest BCUT2D eigenvalue weighted by Gasteiger charge is -2.14. The summed E-state index contributed by atoms with van der Waals surface area (Å²) in [5, 5.41) is 2.04. The van der Waals surface area contributed by atoms with Crippen LogP contribution in [0.4, 0.5) is 0 Å². The van der Waals surface area contributed by atoms with E-state index < -0.39 is 0 Å². The summed E-state index contributed by atoms with van der Waals surface area (Å²) < 4.78 is 5.53. The highest BCUT2D eigenvalue weighted by Gasteiger charge is 2.21. The molecule has 0 bridgehead atoms. The molecule has 0 rings (SSSR count). The topological polar surface area (TPSA) is 60.0 Å². The quantitative estimate of drug-likeness (QED) is 0.0608. The first-order valence-corrected chi connectivity index (χ1v) is 18.6. The first kappa shape index (κ1) is 40.1. The van der Waals surface area contributed by atoms with Gasteiger partial charge in [0.05, 0.1) is 13.6 Å². The van der Waals surface area contributed by atoms with Crippen LogP contribution in [0.3, 0.4) is 0 Å². The number of esters is 1. The highest BCUT2D eigenvalue weighted by Crippen LogP contribution is 2.15. The van der Waals surface area contributed by atoms with Crippen LogP contribution in [-0.2, 0) is 14.3 Å². The molecule has 0 aliphatic rings. The Kier molecular flexibility index (Phi) is 32.9. The fraction of sp³-hybridized carbons (Fsp3) is 0.946.